The van der Waals surface area contributed by atoms with E-state index in [1.165, 1.54) is 0 Å². The molecule has 0 spiro atoms. The van der Waals surface area contributed by atoms with Crippen molar-refractivity contribution in [2.45, 2.75) is 32.7 Å². The Morgan fingerprint density at radius 1 is 1.08 bits per heavy atom. The number of aromatic nitrogens is 1. The number of thiazole rings is 1. The zero-order chi connectivity index (χ0) is 18.3. The van der Waals surface area contributed by atoms with E-state index in [0.29, 0.717) is 0 Å². The number of nitrogens with zero attached hydrogens (tertiary/aromatic N) is 1. The SMILES string of the molecule is Cc1nc(C)c([C@@H](C)NC(=O)C2c3ccccc3Oc3ccccc32)s1. The second kappa shape index (κ2) is 6.57. The summed E-state index contributed by atoms with van der Waals surface area (Å²) < 4.78 is 5.98. The summed E-state index contributed by atoms with van der Waals surface area (Å²) in [6, 6.07) is 15.4. The molecule has 2 aromatic carbocycles. The van der Waals surface area contributed by atoms with Gasteiger partial charge in [0.25, 0.3) is 0 Å². The number of nitrogens with one attached hydrogen (secondary N) is 1. The Morgan fingerprint density at radius 2 is 1.65 bits per heavy atom. The fraction of sp³-hybridized carbons (Fsp3) is 0.238. The molecule has 0 saturated heterocycles. The Kier molecular flexibility index (Phi) is 4.24. The number of hydrogen-bond acceptors (Lipinski definition) is 4. The fourth-order valence-corrected chi connectivity index (χ4v) is 4.43. The summed E-state index contributed by atoms with van der Waals surface area (Å²) in [7, 11) is 0. The van der Waals surface area contributed by atoms with E-state index in [-0.39, 0.29) is 17.9 Å². The van der Waals surface area contributed by atoms with Gasteiger partial charge in [-0.2, -0.15) is 0 Å². The number of rotatable bonds is 3. The van der Waals surface area contributed by atoms with Crippen LogP contribution < -0.4 is 10.1 Å². The quantitative estimate of drug-likeness (QED) is 0.721. The molecule has 2 heterocycles. The molecule has 1 N–H and O–H groups in total. The highest BCUT2D eigenvalue weighted by Crippen LogP contribution is 2.44. The first kappa shape index (κ1) is 16.8. The molecule has 5 heteroatoms. The van der Waals surface area contributed by atoms with Gasteiger partial charge in [0.05, 0.1) is 22.7 Å². The third kappa shape index (κ3) is 2.88. The first-order valence-electron chi connectivity index (χ1n) is 8.64. The van der Waals surface area contributed by atoms with Crippen LogP contribution in [0.25, 0.3) is 0 Å². The Labute approximate surface area is 156 Å². The molecule has 132 valence electrons. The molecule has 1 aliphatic rings. The minimum absolute atomic E-state index is 0.0221. The van der Waals surface area contributed by atoms with Gasteiger partial charge in [0.2, 0.25) is 5.91 Å². The van der Waals surface area contributed by atoms with Gasteiger partial charge in [-0.05, 0) is 32.9 Å². The van der Waals surface area contributed by atoms with Gasteiger partial charge < -0.3 is 10.1 Å². The maximum Gasteiger partial charge on any atom is 0.232 e. The molecule has 26 heavy (non-hydrogen) atoms. The van der Waals surface area contributed by atoms with Gasteiger partial charge in [-0.3, -0.25) is 4.79 Å². The van der Waals surface area contributed by atoms with E-state index in [0.717, 1.165) is 38.2 Å². The van der Waals surface area contributed by atoms with Crippen LogP contribution in [0.4, 0.5) is 0 Å². The van der Waals surface area contributed by atoms with E-state index in [4.69, 9.17) is 4.74 Å². The molecule has 0 unspecified atom stereocenters. The molecule has 1 aromatic heterocycles. The van der Waals surface area contributed by atoms with Gasteiger partial charge in [-0.1, -0.05) is 36.4 Å². The number of amides is 1. The summed E-state index contributed by atoms with van der Waals surface area (Å²) >= 11 is 1.63. The number of para-hydroxylation sites is 2. The van der Waals surface area contributed by atoms with Gasteiger partial charge in [0.15, 0.2) is 0 Å². The number of fused-ring (bicyclic) bond motifs is 2. The predicted octanol–water partition coefficient (Wildman–Crippen LogP) is 4.87. The second-order valence-corrected chi connectivity index (χ2v) is 7.76. The summed E-state index contributed by atoms with van der Waals surface area (Å²) in [5, 5.41) is 4.19. The molecule has 0 fully saturated rings. The van der Waals surface area contributed by atoms with Crippen LogP contribution in [-0.4, -0.2) is 10.9 Å². The first-order chi connectivity index (χ1) is 12.5. The van der Waals surface area contributed by atoms with Crippen LogP contribution in [0.3, 0.4) is 0 Å². The molecule has 0 aliphatic carbocycles. The molecule has 1 aliphatic heterocycles. The van der Waals surface area contributed by atoms with Crippen LogP contribution in [0.2, 0.25) is 0 Å². The lowest BCUT2D eigenvalue weighted by molar-refractivity contribution is -0.122. The van der Waals surface area contributed by atoms with E-state index in [9.17, 15) is 4.79 Å². The summed E-state index contributed by atoms with van der Waals surface area (Å²) in [5.41, 5.74) is 2.77. The molecule has 0 saturated carbocycles. The van der Waals surface area contributed by atoms with Crippen LogP contribution in [0.5, 0.6) is 11.5 Å². The largest absolute Gasteiger partial charge is 0.457 e. The van der Waals surface area contributed by atoms with Crippen molar-refractivity contribution in [2.24, 2.45) is 0 Å². The Balaban J connectivity index is 1.68. The third-order valence-corrected chi connectivity index (χ3v) is 5.89. The van der Waals surface area contributed by atoms with Crippen molar-refractivity contribution in [3.05, 3.63) is 75.2 Å². The van der Waals surface area contributed by atoms with E-state index in [2.05, 4.69) is 10.3 Å². The number of benzene rings is 2. The number of hydrogen-bond donors (Lipinski definition) is 1. The van der Waals surface area contributed by atoms with Crippen LogP contribution in [0.15, 0.2) is 48.5 Å². The van der Waals surface area contributed by atoms with Gasteiger partial charge in [0.1, 0.15) is 11.5 Å². The molecule has 0 radical (unpaired) electrons. The van der Waals surface area contributed by atoms with Crippen molar-refractivity contribution in [3.63, 3.8) is 0 Å². The average Bonchev–Trinajstić information content (AvgIpc) is 2.97. The summed E-state index contributed by atoms with van der Waals surface area (Å²) in [6.45, 7) is 5.98. The highest BCUT2D eigenvalue weighted by molar-refractivity contribution is 7.11. The molecule has 3 aromatic rings. The topological polar surface area (TPSA) is 51.2 Å². The molecule has 4 rings (SSSR count). The van der Waals surface area contributed by atoms with Crippen LogP contribution in [0.1, 0.15) is 45.6 Å². The average molecular weight is 364 g/mol. The van der Waals surface area contributed by atoms with Gasteiger partial charge in [-0.25, -0.2) is 4.98 Å². The number of aryl methyl sites for hydroxylation is 2. The maximum absolute atomic E-state index is 13.2. The number of carbonyl (C=O) groups excluding carboxylic acids is 1. The Bertz CT molecular complexity index is 934. The smallest absolute Gasteiger partial charge is 0.232 e. The van der Waals surface area contributed by atoms with E-state index >= 15 is 0 Å². The minimum Gasteiger partial charge on any atom is -0.457 e. The molecular weight excluding hydrogens is 344 g/mol. The zero-order valence-corrected chi connectivity index (χ0v) is 15.8. The van der Waals surface area contributed by atoms with Crippen molar-refractivity contribution >= 4 is 17.2 Å². The summed E-state index contributed by atoms with van der Waals surface area (Å²) in [4.78, 5) is 18.8. The Morgan fingerprint density at radius 3 is 2.19 bits per heavy atom. The lowest BCUT2D eigenvalue weighted by atomic mass is 9.87. The molecule has 1 atom stereocenters. The van der Waals surface area contributed by atoms with Crippen molar-refractivity contribution in [1.82, 2.24) is 10.3 Å². The molecule has 1 amide bonds. The van der Waals surface area contributed by atoms with Crippen LogP contribution in [-0.2, 0) is 4.79 Å². The van der Waals surface area contributed by atoms with Crippen molar-refractivity contribution in [1.29, 1.82) is 0 Å². The fourth-order valence-electron chi connectivity index (χ4n) is 3.50. The van der Waals surface area contributed by atoms with Gasteiger partial charge in [0, 0.05) is 16.0 Å². The lowest BCUT2D eigenvalue weighted by Gasteiger charge is -2.28. The number of ether oxygens (including phenoxy) is 1. The van der Waals surface area contributed by atoms with Crippen LogP contribution >= 0.6 is 11.3 Å². The highest BCUT2D eigenvalue weighted by atomic mass is 32.1. The van der Waals surface area contributed by atoms with E-state index < -0.39 is 0 Å². The number of carbonyl (C=O) groups is 1. The van der Waals surface area contributed by atoms with Gasteiger partial charge in [-0.15, -0.1) is 11.3 Å². The third-order valence-electron chi connectivity index (χ3n) is 4.63. The minimum atomic E-state index is -0.382. The predicted molar refractivity (Wildman–Crippen MR) is 103 cm³/mol. The maximum atomic E-state index is 13.2. The summed E-state index contributed by atoms with van der Waals surface area (Å²) in [5.74, 6) is 1.08. The second-order valence-electron chi connectivity index (χ2n) is 6.52. The Hall–Kier alpha value is -2.66. The van der Waals surface area contributed by atoms with Crippen molar-refractivity contribution in [3.8, 4) is 11.5 Å². The normalized spacial score (nSPS) is 14.1. The lowest BCUT2D eigenvalue weighted by Crippen LogP contribution is -2.33. The monoisotopic (exact) mass is 364 g/mol. The van der Waals surface area contributed by atoms with Crippen molar-refractivity contribution in [2.75, 3.05) is 0 Å². The van der Waals surface area contributed by atoms with Gasteiger partial charge >= 0.3 is 0 Å². The van der Waals surface area contributed by atoms with Crippen molar-refractivity contribution < 1.29 is 9.53 Å². The van der Waals surface area contributed by atoms with Crippen LogP contribution in [0, 0.1) is 13.8 Å². The summed E-state index contributed by atoms with van der Waals surface area (Å²) in [6.07, 6.45) is 0. The molecule has 0 bridgehead atoms. The molecule has 4 nitrogen and oxygen atoms in total. The van der Waals surface area contributed by atoms with E-state index in [1.54, 1.807) is 11.3 Å². The highest BCUT2D eigenvalue weighted by Gasteiger charge is 2.33. The standard InChI is InChI=1S/C21H20N2O2S/c1-12-20(26-14(3)22-12)13(2)23-21(24)19-15-8-4-6-10-17(15)25-18-11-7-5-9-16(18)19/h4-11,13,19H,1-3H3,(H,23,24)/t13-/m1/s1. The van der Waals surface area contributed by atoms with E-state index in [1.807, 2.05) is 69.3 Å². The molecular formula is C21H20N2O2S. The first-order valence-corrected chi connectivity index (χ1v) is 9.46. The zero-order valence-electron chi connectivity index (χ0n) is 14.9.